The van der Waals surface area contributed by atoms with E-state index in [-0.39, 0.29) is 31.1 Å². The van der Waals surface area contributed by atoms with Crippen LogP contribution in [0.15, 0.2) is 134 Å². The number of unbranched alkanes of at least 4 members (excludes halogenated alkanes) is 26. The summed E-state index contributed by atoms with van der Waals surface area (Å²) in [6, 6.07) is 0. The monoisotopic (exact) mass is 1110 g/mol. The first-order valence-corrected chi connectivity index (χ1v) is 33.2. The van der Waals surface area contributed by atoms with Crippen LogP contribution in [0.25, 0.3) is 0 Å². The number of hydrogen-bond acceptors (Lipinski definition) is 6. The Morgan fingerprint density at radius 3 is 0.762 bits per heavy atom. The number of rotatable bonds is 59. The van der Waals surface area contributed by atoms with Gasteiger partial charge in [-0.3, -0.25) is 14.4 Å². The van der Waals surface area contributed by atoms with Gasteiger partial charge in [-0.15, -0.1) is 0 Å². The summed E-state index contributed by atoms with van der Waals surface area (Å²) in [6.07, 6.45) is 95.0. The molecule has 0 aliphatic heterocycles. The minimum absolute atomic E-state index is 0.0822. The summed E-state index contributed by atoms with van der Waals surface area (Å²) in [6.45, 7) is 6.36. The molecule has 0 spiro atoms. The zero-order chi connectivity index (χ0) is 57.8. The molecule has 0 radical (unpaired) electrons. The van der Waals surface area contributed by atoms with Gasteiger partial charge in [0.2, 0.25) is 0 Å². The van der Waals surface area contributed by atoms with Gasteiger partial charge in [-0.1, -0.05) is 296 Å². The van der Waals surface area contributed by atoms with Crippen LogP contribution in [0.5, 0.6) is 0 Å². The van der Waals surface area contributed by atoms with Crippen LogP contribution in [0.2, 0.25) is 0 Å². The molecule has 0 amide bonds. The molecular weight excluding hydrogens is 985 g/mol. The van der Waals surface area contributed by atoms with Crippen LogP contribution in [-0.2, 0) is 28.6 Å². The maximum absolute atomic E-state index is 12.8. The molecule has 0 rings (SSSR count). The average Bonchev–Trinajstić information content (AvgIpc) is 3.46. The summed E-state index contributed by atoms with van der Waals surface area (Å²) in [5, 5.41) is 0. The van der Waals surface area contributed by atoms with E-state index in [1.807, 2.05) is 0 Å². The quantitative estimate of drug-likeness (QED) is 0.0261. The van der Waals surface area contributed by atoms with E-state index in [1.54, 1.807) is 0 Å². The molecular formula is C74H122O6. The van der Waals surface area contributed by atoms with Gasteiger partial charge in [-0.2, -0.15) is 0 Å². The van der Waals surface area contributed by atoms with E-state index in [9.17, 15) is 14.4 Å². The second kappa shape index (κ2) is 67.1. The maximum Gasteiger partial charge on any atom is 0.306 e. The summed E-state index contributed by atoms with van der Waals surface area (Å²) >= 11 is 0. The van der Waals surface area contributed by atoms with Gasteiger partial charge in [0.1, 0.15) is 13.2 Å². The standard InChI is InChI=1S/C74H122O6/c1-4-7-10-13-16-18-20-22-24-26-28-30-31-32-33-34-35-36-37-38-39-40-41-42-43-45-46-48-50-52-54-56-58-61-64-67-73(76)79-70-71(69-78-72(75)66-63-60-15-12-9-6-3)80-74(77)68-65-62-59-57-55-53-51-49-47-44-29-27-25-23-21-19-17-14-11-8-5-2/h7-8,10-11,16-19,22-25,28-30,32-33,35-36,38-39,44,71H,4-6,9,12-15,20-21,26-27,31,34,37,40-43,45-70H2,1-3H3/b10-7-,11-8-,18-16-,19-17-,24-22-,25-23-,30-28-,33-32-,36-35-,39-38-,44-29-. The SMILES string of the molecule is CC/C=C\C/C=C\C/C=C\C/C=C\C/C=C\C/C=C\C/C=C\CCCCCCCCCCCCCCCC(=O)OCC(COC(=O)CCCCCCCC)OC(=O)CCCCCCCCCC/C=C\C/C=C\C/C=C\C/C=C\CC. The number of allylic oxidation sites excluding steroid dienone is 22. The molecule has 1 atom stereocenters. The largest absolute Gasteiger partial charge is 0.462 e. The van der Waals surface area contributed by atoms with Crippen LogP contribution in [0, 0.1) is 0 Å². The van der Waals surface area contributed by atoms with Crippen LogP contribution in [0.3, 0.4) is 0 Å². The van der Waals surface area contributed by atoms with Gasteiger partial charge in [0.15, 0.2) is 6.10 Å². The molecule has 0 aliphatic rings. The minimum Gasteiger partial charge on any atom is -0.462 e. The Hall–Kier alpha value is -4.45. The first-order chi connectivity index (χ1) is 39.5. The third-order valence-corrected chi connectivity index (χ3v) is 13.9. The van der Waals surface area contributed by atoms with Crippen LogP contribution in [0.1, 0.15) is 297 Å². The van der Waals surface area contributed by atoms with Crippen molar-refractivity contribution < 1.29 is 28.6 Å². The molecule has 0 aromatic heterocycles. The average molecular weight is 1110 g/mol. The molecule has 0 saturated heterocycles. The lowest BCUT2D eigenvalue weighted by molar-refractivity contribution is -0.167. The Morgan fingerprint density at radius 1 is 0.263 bits per heavy atom. The van der Waals surface area contributed by atoms with Crippen LogP contribution < -0.4 is 0 Å². The molecule has 0 heterocycles. The number of carbonyl (C=O) groups is 3. The fourth-order valence-electron chi connectivity index (χ4n) is 9.00. The zero-order valence-electron chi connectivity index (χ0n) is 52.0. The van der Waals surface area contributed by atoms with Crippen molar-refractivity contribution >= 4 is 17.9 Å². The van der Waals surface area contributed by atoms with Gasteiger partial charge in [0.05, 0.1) is 0 Å². The van der Waals surface area contributed by atoms with E-state index >= 15 is 0 Å². The molecule has 6 nitrogen and oxygen atoms in total. The lowest BCUT2D eigenvalue weighted by Gasteiger charge is -2.18. The van der Waals surface area contributed by atoms with E-state index in [0.717, 1.165) is 135 Å². The fourth-order valence-corrected chi connectivity index (χ4v) is 9.00. The number of ether oxygens (including phenoxy) is 3. The third kappa shape index (κ3) is 64.4. The lowest BCUT2D eigenvalue weighted by atomic mass is 10.0. The van der Waals surface area contributed by atoms with Gasteiger partial charge < -0.3 is 14.2 Å². The number of hydrogen-bond donors (Lipinski definition) is 0. The fraction of sp³-hybridized carbons (Fsp3) is 0.662. The third-order valence-electron chi connectivity index (χ3n) is 13.9. The molecule has 0 aliphatic carbocycles. The summed E-state index contributed by atoms with van der Waals surface area (Å²) in [5.41, 5.74) is 0. The van der Waals surface area contributed by atoms with Crippen molar-refractivity contribution in [3.63, 3.8) is 0 Å². The van der Waals surface area contributed by atoms with E-state index in [1.165, 1.54) is 122 Å². The Morgan fingerprint density at radius 2 is 0.487 bits per heavy atom. The number of carbonyl (C=O) groups excluding carboxylic acids is 3. The highest BCUT2D eigenvalue weighted by Crippen LogP contribution is 2.16. The van der Waals surface area contributed by atoms with Gasteiger partial charge in [0.25, 0.3) is 0 Å². The van der Waals surface area contributed by atoms with Gasteiger partial charge in [-0.05, 0) is 116 Å². The van der Waals surface area contributed by atoms with Gasteiger partial charge >= 0.3 is 17.9 Å². The van der Waals surface area contributed by atoms with Crippen LogP contribution in [-0.4, -0.2) is 37.2 Å². The zero-order valence-corrected chi connectivity index (χ0v) is 52.0. The predicted molar refractivity (Wildman–Crippen MR) is 348 cm³/mol. The first-order valence-electron chi connectivity index (χ1n) is 33.2. The second-order valence-corrected chi connectivity index (χ2v) is 21.6. The maximum atomic E-state index is 12.8. The number of esters is 3. The van der Waals surface area contributed by atoms with E-state index in [2.05, 4.69) is 154 Å². The van der Waals surface area contributed by atoms with Crippen molar-refractivity contribution in [2.45, 2.75) is 303 Å². The highest BCUT2D eigenvalue weighted by molar-refractivity contribution is 5.71. The molecule has 0 aromatic carbocycles. The van der Waals surface area contributed by atoms with Gasteiger partial charge in [0, 0.05) is 19.3 Å². The molecule has 1 unspecified atom stereocenters. The van der Waals surface area contributed by atoms with Crippen molar-refractivity contribution in [3.8, 4) is 0 Å². The van der Waals surface area contributed by atoms with Crippen molar-refractivity contribution in [1.82, 2.24) is 0 Å². The van der Waals surface area contributed by atoms with Gasteiger partial charge in [-0.25, -0.2) is 0 Å². The predicted octanol–water partition coefficient (Wildman–Crippen LogP) is 22.9. The van der Waals surface area contributed by atoms with E-state index in [4.69, 9.17) is 14.2 Å². The smallest absolute Gasteiger partial charge is 0.306 e. The van der Waals surface area contributed by atoms with Crippen LogP contribution in [0.4, 0.5) is 0 Å². The molecule has 0 saturated carbocycles. The van der Waals surface area contributed by atoms with Crippen molar-refractivity contribution in [2.75, 3.05) is 13.2 Å². The summed E-state index contributed by atoms with van der Waals surface area (Å²) in [5.74, 6) is -0.897. The second-order valence-electron chi connectivity index (χ2n) is 21.6. The Bertz CT molecular complexity index is 1700. The summed E-state index contributed by atoms with van der Waals surface area (Å²) in [4.78, 5) is 38.0. The Balaban J connectivity index is 4.06. The molecule has 454 valence electrons. The highest BCUT2D eigenvalue weighted by atomic mass is 16.6. The molecule has 0 fully saturated rings. The highest BCUT2D eigenvalue weighted by Gasteiger charge is 2.19. The molecule has 0 bridgehead atoms. The molecule has 80 heavy (non-hydrogen) atoms. The van der Waals surface area contributed by atoms with Crippen molar-refractivity contribution in [1.29, 1.82) is 0 Å². The van der Waals surface area contributed by atoms with E-state index in [0.29, 0.717) is 19.3 Å². The first kappa shape index (κ1) is 75.5. The Kier molecular flexibility index (Phi) is 63.3. The minimum atomic E-state index is -0.783. The molecule has 0 aromatic rings. The summed E-state index contributed by atoms with van der Waals surface area (Å²) < 4.78 is 16.8. The normalized spacial score (nSPS) is 13.0. The molecule has 6 heteroatoms. The lowest BCUT2D eigenvalue weighted by Crippen LogP contribution is -2.30. The summed E-state index contributed by atoms with van der Waals surface area (Å²) in [7, 11) is 0. The van der Waals surface area contributed by atoms with Crippen molar-refractivity contribution in [3.05, 3.63) is 134 Å². The Labute approximate surface area is 494 Å². The van der Waals surface area contributed by atoms with Crippen molar-refractivity contribution in [2.24, 2.45) is 0 Å². The molecule has 0 N–H and O–H groups in total. The van der Waals surface area contributed by atoms with Crippen LogP contribution >= 0.6 is 0 Å². The topological polar surface area (TPSA) is 78.9 Å². The van der Waals surface area contributed by atoms with E-state index < -0.39 is 6.10 Å².